The number of anilines is 1. The van der Waals surface area contributed by atoms with Gasteiger partial charge in [-0.25, -0.2) is 12.7 Å². The number of halogens is 1. The van der Waals surface area contributed by atoms with E-state index in [2.05, 4.69) is 51.7 Å². The third-order valence-electron chi connectivity index (χ3n) is 6.42. The number of rotatable bonds is 7. The van der Waals surface area contributed by atoms with Crippen molar-refractivity contribution in [3.8, 4) is 0 Å². The molecular weight excluding hydrogens is 537 g/mol. The summed E-state index contributed by atoms with van der Waals surface area (Å²) in [6.45, 7) is 8.40. The van der Waals surface area contributed by atoms with E-state index in [1.54, 1.807) is 11.4 Å². The van der Waals surface area contributed by atoms with Gasteiger partial charge in [0.25, 0.3) is 0 Å². The van der Waals surface area contributed by atoms with E-state index < -0.39 is 10.0 Å². The number of hydrogen-bond donors (Lipinski definition) is 2. The maximum absolute atomic E-state index is 12.2. The van der Waals surface area contributed by atoms with Crippen LogP contribution < -0.4 is 15.5 Å². The number of piperidine rings is 2. The molecule has 3 rings (SSSR count). The SMILES string of the molecule is CCCS(=O)(=O)N1CCC(NC(=NC)NCc2ccc(N3CCC(C)CC3)cc2)CC1.I. The molecular formula is C23H40IN5O2S. The van der Waals surface area contributed by atoms with E-state index in [1.165, 1.54) is 24.1 Å². The van der Waals surface area contributed by atoms with Crippen LogP contribution in [0.3, 0.4) is 0 Å². The summed E-state index contributed by atoms with van der Waals surface area (Å²) < 4.78 is 26.1. The molecule has 2 heterocycles. The quantitative estimate of drug-likeness (QED) is 0.295. The Hall–Kier alpha value is -1.07. The molecule has 2 aliphatic rings. The minimum absolute atomic E-state index is 0. The zero-order valence-electron chi connectivity index (χ0n) is 19.7. The highest BCUT2D eigenvalue weighted by Crippen LogP contribution is 2.23. The van der Waals surface area contributed by atoms with Crippen LogP contribution in [0.4, 0.5) is 5.69 Å². The number of benzene rings is 1. The van der Waals surface area contributed by atoms with Crippen molar-refractivity contribution in [3.63, 3.8) is 0 Å². The fourth-order valence-corrected chi connectivity index (χ4v) is 5.87. The van der Waals surface area contributed by atoms with Gasteiger partial charge in [0.1, 0.15) is 0 Å². The molecule has 0 spiro atoms. The van der Waals surface area contributed by atoms with Crippen molar-refractivity contribution in [1.29, 1.82) is 0 Å². The lowest BCUT2D eigenvalue weighted by atomic mass is 9.99. The van der Waals surface area contributed by atoms with Crippen molar-refractivity contribution in [3.05, 3.63) is 29.8 Å². The molecule has 0 radical (unpaired) electrons. The molecule has 0 saturated carbocycles. The first kappa shape index (κ1) is 27.2. The van der Waals surface area contributed by atoms with Crippen LogP contribution in [0.1, 0.15) is 51.5 Å². The van der Waals surface area contributed by atoms with Crippen LogP contribution in [-0.2, 0) is 16.6 Å². The molecule has 9 heteroatoms. The molecule has 2 fully saturated rings. The summed E-state index contributed by atoms with van der Waals surface area (Å²) in [7, 11) is -1.32. The first-order valence-electron chi connectivity index (χ1n) is 11.7. The molecule has 1 aromatic rings. The van der Waals surface area contributed by atoms with Crippen molar-refractivity contribution in [1.82, 2.24) is 14.9 Å². The van der Waals surface area contributed by atoms with Gasteiger partial charge < -0.3 is 15.5 Å². The van der Waals surface area contributed by atoms with Crippen molar-refractivity contribution in [2.75, 3.05) is 43.9 Å². The van der Waals surface area contributed by atoms with E-state index in [9.17, 15) is 8.42 Å². The van der Waals surface area contributed by atoms with Gasteiger partial charge in [0.2, 0.25) is 10.0 Å². The Bertz CT molecular complexity index is 815. The third-order valence-corrected chi connectivity index (χ3v) is 8.50. The Morgan fingerprint density at radius 3 is 2.25 bits per heavy atom. The van der Waals surface area contributed by atoms with Gasteiger partial charge in [-0.3, -0.25) is 4.99 Å². The molecule has 0 amide bonds. The highest BCUT2D eigenvalue weighted by atomic mass is 127. The molecule has 7 nitrogen and oxygen atoms in total. The highest BCUT2D eigenvalue weighted by Gasteiger charge is 2.27. The molecule has 32 heavy (non-hydrogen) atoms. The fourth-order valence-electron chi connectivity index (χ4n) is 4.33. The number of hydrogen-bond acceptors (Lipinski definition) is 4. The lowest BCUT2D eigenvalue weighted by Gasteiger charge is -2.32. The Labute approximate surface area is 211 Å². The summed E-state index contributed by atoms with van der Waals surface area (Å²) in [5, 5.41) is 6.85. The second-order valence-corrected chi connectivity index (χ2v) is 11.0. The zero-order valence-corrected chi connectivity index (χ0v) is 22.9. The summed E-state index contributed by atoms with van der Waals surface area (Å²) >= 11 is 0. The normalized spacial score (nSPS) is 19.5. The summed E-state index contributed by atoms with van der Waals surface area (Å²) in [5.74, 6) is 1.85. The molecule has 2 aliphatic heterocycles. The number of aliphatic imine (C=N–C) groups is 1. The number of nitrogens with one attached hydrogen (secondary N) is 2. The van der Waals surface area contributed by atoms with Crippen molar-refractivity contribution in [2.45, 2.75) is 58.5 Å². The lowest BCUT2D eigenvalue weighted by Crippen LogP contribution is -2.49. The van der Waals surface area contributed by atoms with Gasteiger partial charge in [-0.2, -0.15) is 0 Å². The summed E-state index contributed by atoms with van der Waals surface area (Å²) in [4.78, 5) is 6.82. The second-order valence-electron chi connectivity index (χ2n) is 8.90. The minimum Gasteiger partial charge on any atom is -0.372 e. The first-order valence-corrected chi connectivity index (χ1v) is 13.3. The summed E-state index contributed by atoms with van der Waals surface area (Å²) in [6.07, 6.45) is 4.80. The molecule has 2 saturated heterocycles. The van der Waals surface area contributed by atoms with Crippen LogP contribution in [0.5, 0.6) is 0 Å². The molecule has 182 valence electrons. The average Bonchev–Trinajstić information content (AvgIpc) is 2.78. The number of guanidine groups is 1. The Kier molecular flexibility index (Phi) is 11.0. The second kappa shape index (κ2) is 13.0. The van der Waals surface area contributed by atoms with Gasteiger partial charge in [-0.05, 0) is 55.7 Å². The Balaban J connectivity index is 0.00000363. The van der Waals surface area contributed by atoms with E-state index in [1.807, 2.05) is 6.92 Å². The Morgan fingerprint density at radius 1 is 1.06 bits per heavy atom. The van der Waals surface area contributed by atoms with Crippen LogP contribution in [0.15, 0.2) is 29.3 Å². The third kappa shape index (κ3) is 7.76. The molecule has 0 unspecified atom stereocenters. The van der Waals surface area contributed by atoms with E-state index >= 15 is 0 Å². The van der Waals surface area contributed by atoms with Crippen LogP contribution >= 0.6 is 24.0 Å². The van der Waals surface area contributed by atoms with E-state index in [4.69, 9.17) is 0 Å². The van der Waals surface area contributed by atoms with E-state index in [0.717, 1.165) is 37.8 Å². The Morgan fingerprint density at radius 2 is 1.69 bits per heavy atom. The topological polar surface area (TPSA) is 77.0 Å². The zero-order chi connectivity index (χ0) is 22.3. The predicted octanol–water partition coefficient (Wildman–Crippen LogP) is 3.41. The van der Waals surface area contributed by atoms with Gasteiger partial charge in [-0.1, -0.05) is 26.0 Å². The van der Waals surface area contributed by atoms with Gasteiger partial charge in [-0.15, -0.1) is 24.0 Å². The van der Waals surface area contributed by atoms with Gasteiger partial charge >= 0.3 is 0 Å². The van der Waals surface area contributed by atoms with Crippen LogP contribution in [0.25, 0.3) is 0 Å². The van der Waals surface area contributed by atoms with Crippen LogP contribution in [-0.4, -0.2) is 63.7 Å². The first-order chi connectivity index (χ1) is 14.9. The highest BCUT2D eigenvalue weighted by molar-refractivity contribution is 14.0. The molecule has 0 bridgehead atoms. The monoisotopic (exact) mass is 577 g/mol. The largest absolute Gasteiger partial charge is 0.372 e. The minimum atomic E-state index is -3.10. The maximum atomic E-state index is 12.2. The van der Waals surface area contributed by atoms with Crippen molar-refractivity contribution >= 4 is 45.6 Å². The van der Waals surface area contributed by atoms with Crippen LogP contribution in [0, 0.1) is 5.92 Å². The van der Waals surface area contributed by atoms with Crippen LogP contribution in [0.2, 0.25) is 0 Å². The molecule has 2 N–H and O–H groups in total. The van der Waals surface area contributed by atoms with E-state index in [-0.39, 0.29) is 35.8 Å². The maximum Gasteiger partial charge on any atom is 0.214 e. The van der Waals surface area contributed by atoms with Crippen molar-refractivity contribution in [2.24, 2.45) is 10.9 Å². The lowest BCUT2D eigenvalue weighted by molar-refractivity contribution is 0.306. The summed E-state index contributed by atoms with van der Waals surface area (Å²) in [5.41, 5.74) is 2.53. The smallest absolute Gasteiger partial charge is 0.214 e. The number of sulfonamides is 1. The standard InChI is InChI=1S/C23H39N5O2S.HI/c1-4-17-31(29,30)28-15-11-21(12-16-28)26-23(24-3)25-18-20-5-7-22(8-6-20)27-13-9-19(2)10-14-27;/h5-8,19,21H,4,9-18H2,1-3H3,(H2,24,25,26);1H. The molecule has 0 aromatic heterocycles. The molecule has 1 aromatic carbocycles. The van der Waals surface area contributed by atoms with Gasteiger partial charge in [0.15, 0.2) is 5.96 Å². The number of nitrogens with zero attached hydrogens (tertiary/aromatic N) is 3. The predicted molar refractivity (Wildman–Crippen MR) is 144 cm³/mol. The van der Waals surface area contributed by atoms with Gasteiger partial charge in [0.05, 0.1) is 5.75 Å². The average molecular weight is 578 g/mol. The van der Waals surface area contributed by atoms with E-state index in [0.29, 0.717) is 26.1 Å². The van der Waals surface area contributed by atoms with Crippen molar-refractivity contribution < 1.29 is 8.42 Å². The van der Waals surface area contributed by atoms with Gasteiger partial charge in [0, 0.05) is 51.5 Å². The summed E-state index contributed by atoms with van der Waals surface area (Å²) in [6, 6.07) is 9.05. The molecule has 0 atom stereocenters. The molecule has 0 aliphatic carbocycles. The fraction of sp³-hybridized carbons (Fsp3) is 0.696.